The average molecular weight is 201 g/mol. The van der Waals surface area contributed by atoms with Gasteiger partial charge in [0.2, 0.25) is 0 Å². The number of hydrogen-bond acceptors (Lipinski definition) is 2. The molecule has 0 rings (SSSR count). The summed E-state index contributed by atoms with van der Waals surface area (Å²) >= 11 is 0. The van der Waals surface area contributed by atoms with Gasteiger partial charge in [0.05, 0.1) is 0 Å². The number of rotatable bonds is 2. The number of likely N-dealkylation sites (N-methyl/N-ethyl adjacent to an activating group) is 1. The summed E-state index contributed by atoms with van der Waals surface area (Å²) in [4.78, 5) is 21.5. The molecule has 0 saturated carbocycles. The minimum absolute atomic E-state index is 0. The van der Waals surface area contributed by atoms with Gasteiger partial charge in [0.15, 0.2) is 0 Å². The molecular formula is C6H12KNO4. The molecule has 0 radical (unpaired) electrons. The van der Waals surface area contributed by atoms with E-state index >= 15 is 0 Å². The SMILES string of the molecule is CN(C(=O)O)C(C)(C)C(=O)O.[H-].[K+]. The van der Waals surface area contributed by atoms with E-state index in [1.165, 1.54) is 20.9 Å². The maximum Gasteiger partial charge on any atom is 1.00 e. The average Bonchev–Trinajstić information content (AvgIpc) is 1.85. The van der Waals surface area contributed by atoms with Gasteiger partial charge in [-0.25, -0.2) is 9.59 Å². The topological polar surface area (TPSA) is 77.8 Å². The third kappa shape index (κ3) is 3.40. The first kappa shape index (κ1) is 14.9. The van der Waals surface area contributed by atoms with Crippen molar-refractivity contribution < 1.29 is 72.6 Å². The molecule has 12 heavy (non-hydrogen) atoms. The molecule has 0 spiro atoms. The second-order valence-corrected chi connectivity index (χ2v) is 2.71. The van der Waals surface area contributed by atoms with Crippen molar-refractivity contribution in [2.24, 2.45) is 0 Å². The molecule has 0 fully saturated rings. The van der Waals surface area contributed by atoms with Gasteiger partial charge in [-0.15, -0.1) is 0 Å². The molecule has 0 aromatic heterocycles. The number of amides is 1. The Labute approximate surface area is 115 Å². The summed E-state index contributed by atoms with van der Waals surface area (Å²) in [7, 11) is 1.22. The molecule has 0 aliphatic rings. The Bertz CT molecular complexity index is 197. The zero-order valence-corrected chi connectivity index (χ0v) is 10.8. The van der Waals surface area contributed by atoms with Crippen molar-refractivity contribution in [3.63, 3.8) is 0 Å². The van der Waals surface area contributed by atoms with Crippen molar-refractivity contribution >= 4 is 12.1 Å². The molecule has 0 aliphatic heterocycles. The predicted octanol–water partition coefficient (Wildman–Crippen LogP) is -2.42. The van der Waals surface area contributed by atoms with Crippen LogP contribution in [0, 0.1) is 0 Å². The van der Waals surface area contributed by atoms with Crippen molar-refractivity contribution in [1.29, 1.82) is 0 Å². The fraction of sp³-hybridized carbons (Fsp3) is 0.667. The third-order valence-electron chi connectivity index (χ3n) is 1.65. The molecule has 0 atom stereocenters. The summed E-state index contributed by atoms with van der Waals surface area (Å²) in [5.41, 5.74) is -1.37. The Hall–Kier alpha value is 0.376. The van der Waals surface area contributed by atoms with Gasteiger partial charge >= 0.3 is 63.4 Å². The van der Waals surface area contributed by atoms with E-state index in [9.17, 15) is 9.59 Å². The molecule has 1 amide bonds. The first-order chi connectivity index (χ1) is 4.80. The number of nitrogens with zero attached hydrogens (tertiary/aromatic N) is 1. The van der Waals surface area contributed by atoms with Crippen LogP contribution in [0.4, 0.5) is 4.79 Å². The van der Waals surface area contributed by atoms with Gasteiger partial charge in [-0.3, -0.25) is 4.90 Å². The Morgan fingerprint density at radius 2 is 1.67 bits per heavy atom. The van der Waals surface area contributed by atoms with Gasteiger partial charge in [0, 0.05) is 7.05 Å². The maximum absolute atomic E-state index is 10.5. The standard InChI is InChI=1S/C6H11NO4.K.H/c1-6(2,4(8)9)7(3)5(10)11;;/h1-3H3,(H,8,9)(H,10,11);;/q;+1;-1. The maximum atomic E-state index is 10.5. The molecule has 0 bridgehead atoms. The van der Waals surface area contributed by atoms with Crippen molar-refractivity contribution in [3.05, 3.63) is 0 Å². The summed E-state index contributed by atoms with van der Waals surface area (Å²) in [6.07, 6.45) is -1.25. The van der Waals surface area contributed by atoms with E-state index in [1.54, 1.807) is 0 Å². The Kier molecular flexibility index (Phi) is 6.42. The molecule has 66 valence electrons. The van der Waals surface area contributed by atoms with Crippen LogP contribution in [-0.4, -0.2) is 39.8 Å². The molecule has 0 heterocycles. The molecule has 0 aromatic rings. The van der Waals surface area contributed by atoms with Crippen molar-refractivity contribution in [2.75, 3.05) is 7.05 Å². The number of aliphatic carboxylic acids is 1. The Balaban J connectivity index is -0.000000500. The summed E-state index contributed by atoms with van der Waals surface area (Å²) in [6, 6.07) is 0. The second kappa shape index (κ2) is 5.18. The van der Waals surface area contributed by atoms with Crippen LogP contribution in [0.5, 0.6) is 0 Å². The molecule has 0 unspecified atom stereocenters. The third-order valence-corrected chi connectivity index (χ3v) is 1.65. The van der Waals surface area contributed by atoms with Crippen LogP contribution in [0.25, 0.3) is 0 Å². The van der Waals surface area contributed by atoms with Gasteiger partial charge in [-0.05, 0) is 13.8 Å². The van der Waals surface area contributed by atoms with E-state index < -0.39 is 17.6 Å². The molecule has 0 aromatic carbocycles. The van der Waals surface area contributed by atoms with E-state index in [4.69, 9.17) is 10.2 Å². The van der Waals surface area contributed by atoms with Crippen LogP contribution < -0.4 is 51.4 Å². The minimum atomic E-state index is -1.37. The predicted molar refractivity (Wildman–Crippen MR) is 38.6 cm³/mol. The van der Waals surface area contributed by atoms with Crippen LogP contribution in [0.2, 0.25) is 0 Å². The quantitative estimate of drug-likeness (QED) is 0.487. The van der Waals surface area contributed by atoms with Gasteiger partial charge in [-0.1, -0.05) is 0 Å². The number of carboxylic acids is 1. The van der Waals surface area contributed by atoms with Gasteiger partial charge < -0.3 is 11.6 Å². The molecular weight excluding hydrogens is 189 g/mol. The van der Waals surface area contributed by atoms with Crippen molar-refractivity contribution in [1.82, 2.24) is 4.90 Å². The van der Waals surface area contributed by atoms with Crippen molar-refractivity contribution in [2.45, 2.75) is 19.4 Å². The molecule has 6 heteroatoms. The van der Waals surface area contributed by atoms with Crippen LogP contribution in [0.15, 0.2) is 0 Å². The van der Waals surface area contributed by atoms with Gasteiger partial charge in [-0.2, -0.15) is 0 Å². The molecule has 2 N–H and O–H groups in total. The first-order valence-electron chi connectivity index (χ1n) is 3.00. The number of carbonyl (C=O) groups is 2. The summed E-state index contributed by atoms with van der Waals surface area (Å²) in [6.45, 7) is 2.65. The Morgan fingerprint density at radius 1 is 1.33 bits per heavy atom. The van der Waals surface area contributed by atoms with Crippen LogP contribution in [0.1, 0.15) is 15.3 Å². The summed E-state index contributed by atoms with van der Waals surface area (Å²) in [5.74, 6) is -1.16. The zero-order valence-electron chi connectivity index (χ0n) is 8.66. The van der Waals surface area contributed by atoms with E-state index in [0.717, 1.165) is 4.90 Å². The van der Waals surface area contributed by atoms with Crippen LogP contribution in [-0.2, 0) is 4.79 Å². The molecule has 0 aliphatic carbocycles. The zero-order chi connectivity index (χ0) is 9.23. The Morgan fingerprint density at radius 3 is 1.75 bits per heavy atom. The fourth-order valence-electron chi connectivity index (χ4n) is 0.383. The first-order valence-corrected chi connectivity index (χ1v) is 3.00. The van der Waals surface area contributed by atoms with Crippen LogP contribution in [0.3, 0.4) is 0 Å². The van der Waals surface area contributed by atoms with Crippen molar-refractivity contribution in [3.8, 4) is 0 Å². The minimum Gasteiger partial charge on any atom is -1.00 e. The summed E-state index contributed by atoms with van der Waals surface area (Å²) in [5, 5.41) is 17.0. The van der Waals surface area contributed by atoms with E-state index in [0.29, 0.717) is 0 Å². The molecule has 0 saturated heterocycles. The molecule has 5 nitrogen and oxygen atoms in total. The fourth-order valence-corrected chi connectivity index (χ4v) is 0.383. The largest absolute Gasteiger partial charge is 1.00 e. The van der Waals surface area contributed by atoms with Crippen LogP contribution >= 0.6 is 0 Å². The number of hydrogen-bond donors (Lipinski definition) is 2. The van der Waals surface area contributed by atoms with E-state index in [2.05, 4.69) is 0 Å². The normalized spacial score (nSPS) is 9.92. The monoisotopic (exact) mass is 201 g/mol. The summed E-state index contributed by atoms with van der Waals surface area (Å²) < 4.78 is 0. The van der Waals surface area contributed by atoms with E-state index in [1.807, 2.05) is 0 Å². The number of carboxylic acid groups (broad SMARTS) is 2. The second-order valence-electron chi connectivity index (χ2n) is 2.71. The smallest absolute Gasteiger partial charge is 1.00 e. The van der Waals surface area contributed by atoms with Gasteiger partial charge in [0.1, 0.15) is 5.54 Å². The van der Waals surface area contributed by atoms with E-state index in [-0.39, 0.29) is 52.8 Å². The van der Waals surface area contributed by atoms with Gasteiger partial charge in [0.25, 0.3) is 0 Å².